The first-order valence-corrected chi connectivity index (χ1v) is 10.5. The van der Waals surface area contributed by atoms with Crippen LogP contribution in [0, 0.1) is 0 Å². The molecule has 0 aromatic rings. The van der Waals surface area contributed by atoms with Gasteiger partial charge in [0.15, 0.2) is 9.84 Å². The van der Waals surface area contributed by atoms with Gasteiger partial charge in [-0.2, -0.15) is 0 Å². The molecule has 140 valence electrons. The van der Waals surface area contributed by atoms with Gasteiger partial charge in [-0.05, 0) is 26.2 Å². The molecule has 0 aromatic heterocycles. The Bertz CT molecular complexity index is 713. The van der Waals surface area contributed by atoms with Gasteiger partial charge in [-0.3, -0.25) is 14.5 Å². The van der Waals surface area contributed by atoms with Crippen molar-refractivity contribution in [1.29, 1.82) is 0 Å². The summed E-state index contributed by atoms with van der Waals surface area (Å²) >= 11 is 0. The zero-order valence-corrected chi connectivity index (χ0v) is 15.5. The maximum absolute atomic E-state index is 12.8. The minimum Gasteiger partial charge on any atom is -0.348 e. The number of urea groups is 1. The number of nitrogens with one attached hydrogen (secondary N) is 1. The third-order valence-corrected chi connectivity index (χ3v) is 7.63. The van der Waals surface area contributed by atoms with Crippen LogP contribution in [0.4, 0.5) is 4.79 Å². The summed E-state index contributed by atoms with van der Waals surface area (Å²) in [5.41, 5.74) is -1.65. The summed E-state index contributed by atoms with van der Waals surface area (Å²) in [6, 6.07) is -0.453. The molecule has 9 heteroatoms. The van der Waals surface area contributed by atoms with Crippen molar-refractivity contribution in [1.82, 2.24) is 15.1 Å². The SMILES string of the molecule is CN1C(=O)N(CC(=O)N[C@]2(C)CCS(=O)(=O)C2)C(=O)C12CCCCC2. The number of hydrogen-bond acceptors (Lipinski definition) is 5. The van der Waals surface area contributed by atoms with Crippen molar-refractivity contribution in [2.45, 2.75) is 56.5 Å². The molecule has 1 N–H and O–H groups in total. The first-order valence-electron chi connectivity index (χ1n) is 8.70. The standard InChI is InChI=1S/C16H25N3O5S/c1-15(8-9-25(23,24)11-15)17-12(20)10-19-13(21)16(18(2)14(19)22)6-4-3-5-7-16/h3-11H2,1-2H3,(H,17,20)/t15-/m1/s1. The Labute approximate surface area is 147 Å². The lowest BCUT2D eigenvalue weighted by molar-refractivity contribution is -0.137. The van der Waals surface area contributed by atoms with E-state index in [9.17, 15) is 22.8 Å². The van der Waals surface area contributed by atoms with Gasteiger partial charge in [-0.1, -0.05) is 19.3 Å². The van der Waals surface area contributed by atoms with Gasteiger partial charge in [0.05, 0.1) is 17.0 Å². The predicted octanol–water partition coefficient (Wildman–Crippen LogP) is 0.277. The lowest BCUT2D eigenvalue weighted by Crippen LogP contribution is -2.52. The van der Waals surface area contributed by atoms with Crippen molar-refractivity contribution in [3.63, 3.8) is 0 Å². The van der Waals surface area contributed by atoms with E-state index in [0.29, 0.717) is 19.3 Å². The van der Waals surface area contributed by atoms with E-state index < -0.39 is 32.9 Å². The van der Waals surface area contributed by atoms with Gasteiger partial charge >= 0.3 is 6.03 Å². The zero-order chi connectivity index (χ0) is 18.5. The average Bonchev–Trinajstić information content (AvgIpc) is 2.90. The second-order valence-corrected chi connectivity index (χ2v) is 9.96. The van der Waals surface area contributed by atoms with Crippen molar-refractivity contribution in [2.24, 2.45) is 0 Å². The van der Waals surface area contributed by atoms with Crippen molar-refractivity contribution in [3.05, 3.63) is 0 Å². The first kappa shape index (κ1) is 18.2. The molecule has 0 radical (unpaired) electrons. The molecule has 2 saturated heterocycles. The van der Waals surface area contributed by atoms with Gasteiger partial charge in [0.25, 0.3) is 5.91 Å². The number of sulfone groups is 1. The fourth-order valence-corrected chi connectivity index (χ4v) is 6.39. The van der Waals surface area contributed by atoms with Gasteiger partial charge in [0.2, 0.25) is 5.91 Å². The summed E-state index contributed by atoms with van der Waals surface area (Å²) in [6.07, 6.45) is 4.42. The maximum atomic E-state index is 12.8. The molecule has 0 bridgehead atoms. The highest BCUT2D eigenvalue weighted by Gasteiger charge is 2.56. The Morgan fingerprint density at radius 2 is 1.80 bits per heavy atom. The maximum Gasteiger partial charge on any atom is 0.327 e. The average molecular weight is 371 g/mol. The molecular weight excluding hydrogens is 346 g/mol. The molecule has 1 spiro atoms. The van der Waals surface area contributed by atoms with Crippen molar-refractivity contribution in [2.75, 3.05) is 25.1 Å². The van der Waals surface area contributed by atoms with E-state index in [4.69, 9.17) is 0 Å². The third kappa shape index (κ3) is 3.14. The van der Waals surface area contributed by atoms with Crippen LogP contribution in [-0.2, 0) is 19.4 Å². The number of imide groups is 1. The molecule has 0 aromatic carbocycles. The Morgan fingerprint density at radius 3 is 2.36 bits per heavy atom. The Morgan fingerprint density at radius 1 is 1.16 bits per heavy atom. The molecule has 25 heavy (non-hydrogen) atoms. The summed E-state index contributed by atoms with van der Waals surface area (Å²) in [4.78, 5) is 40.2. The lowest BCUT2D eigenvalue weighted by atomic mass is 9.81. The molecule has 1 saturated carbocycles. The molecular formula is C16H25N3O5S. The second-order valence-electron chi connectivity index (χ2n) is 7.78. The number of likely N-dealkylation sites (N-methyl/N-ethyl adjacent to an activating group) is 1. The van der Waals surface area contributed by atoms with Gasteiger partial charge in [-0.15, -0.1) is 0 Å². The summed E-state index contributed by atoms with van der Waals surface area (Å²) in [6.45, 7) is 1.32. The van der Waals surface area contributed by atoms with Gasteiger partial charge in [-0.25, -0.2) is 13.2 Å². The summed E-state index contributed by atoms with van der Waals surface area (Å²) < 4.78 is 23.3. The molecule has 3 aliphatic rings. The first-order chi connectivity index (χ1) is 11.6. The molecule has 4 amide bonds. The third-order valence-electron chi connectivity index (χ3n) is 5.73. The number of amides is 4. The summed E-state index contributed by atoms with van der Waals surface area (Å²) in [5.74, 6) is -0.879. The van der Waals surface area contributed by atoms with Crippen LogP contribution in [0.3, 0.4) is 0 Å². The van der Waals surface area contributed by atoms with Crippen LogP contribution in [0.1, 0.15) is 45.4 Å². The minimum absolute atomic E-state index is 0.0389. The highest BCUT2D eigenvalue weighted by Crippen LogP contribution is 2.39. The minimum atomic E-state index is -3.15. The molecule has 3 fully saturated rings. The number of hydrogen-bond donors (Lipinski definition) is 1. The normalized spacial score (nSPS) is 31.0. The lowest BCUT2D eigenvalue weighted by Gasteiger charge is -2.35. The van der Waals surface area contributed by atoms with Crippen molar-refractivity contribution in [3.8, 4) is 0 Å². The Balaban J connectivity index is 1.69. The second kappa shape index (κ2) is 5.96. The smallest absolute Gasteiger partial charge is 0.327 e. The molecule has 2 aliphatic heterocycles. The Kier molecular flexibility index (Phi) is 4.33. The van der Waals surface area contributed by atoms with Crippen LogP contribution in [0.5, 0.6) is 0 Å². The van der Waals surface area contributed by atoms with Crippen molar-refractivity contribution >= 4 is 27.7 Å². The van der Waals surface area contributed by atoms with Gasteiger partial charge in [0.1, 0.15) is 12.1 Å². The molecule has 8 nitrogen and oxygen atoms in total. The molecule has 1 atom stereocenters. The van der Waals surface area contributed by atoms with Crippen LogP contribution in [-0.4, -0.2) is 72.2 Å². The van der Waals surface area contributed by atoms with Gasteiger partial charge < -0.3 is 10.2 Å². The van der Waals surface area contributed by atoms with Crippen LogP contribution < -0.4 is 5.32 Å². The zero-order valence-electron chi connectivity index (χ0n) is 14.7. The highest BCUT2D eigenvalue weighted by molar-refractivity contribution is 7.91. The number of nitrogens with zero attached hydrogens (tertiary/aromatic N) is 2. The van der Waals surface area contributed by atoms with E-state index in [1.165, 1.54) is 4.90 Å². The topological polar surface area (TPSA) is 104 Å². The number of rotatable bonds is 3. The molecule has 3 rings (SSSR count). The van der Waals surface area contributed by atoms with E-state index in [1.807, 2.05) is 0 Å². The monoisotopic (exact) mass is 371 g/mol. The highest BCUT2D eigenvalue weighted by atomic mass is 32.2. The van der Waals surface area contributed by atoms with E-state index in [1.54, 1.807) is 14.0 Å². The van der Waals surface area contributed by atoms with E-state index in [-0.39, 0.29) is 24.0 Å². The predicted molar refractivity (Wildman–Crippen MR) is 90.5 cm³/mol. The largest absolute Gasteiger partial charge is 0.348 e. The molecule has 2 heterocycles. The van der Waals surface area contributed by atoms with Gasteiger partial charge in [0, 0.05) is 7.05 Å². The quantitative estimate of drug-likeness (QED) is 0.718. The van der Waals surface area contributed by atoms with Crippen LogP contribution in [0.2, 0.25) is 0 Å². The Hall–Kier alpha value is -1.64. The number of carbonyl (C=O) groups excluding carboxylic acids is 3. The van der Waals surface area contributed by atoms with Crippen LogP contribution >= 0.6 is 0 Å². The van der Waals surface area contributed by atoms with E-state index in [0.717, 1.165) is 24.2 Å². The number of carbonyl (C=O) groups is 3. The van der Waals surface area contributed by atoms with Crippen molar-refractivity contribution < 1.29 is 22.8 Å². The molecule has 1 aliphatic carbocycles. The fraction of sp³-hybridized carbons (Fsp3) is 0.812. The fourth-order valence-electron chi connectivity index (χ4n) is 4.30. The van der Waals surface area contributed by atoms with Crippen LogP contribution in [0.25, 0.3) is 0 Å². The molecule has 0 unspecified atom stereocenters. The summed E-state index contributed by atoms with van der Waals surface area (Å²) in [5, 5.41) is 2.70. The van der Waals surface area contributed by atoms with E-state index in [2.05, 4.69) is 5.32 Å². The van der Waals surface area contributed by atoms with Crippen LogP contribution in [0.15, 0.2) is 0 Å². The summed E-state index contributed by atoms with van der Waals surface area (Å²) in [7, 11) is -1.53. The van der Waals surface area contributed by atoms with E-state index >= 15 is 0 Å².